The van der Waals surface area contributed by atoms with Crippen molar-refractivity contribution >= 4 is 29.4 Å². The van der Waals surface area contributed by atoms with Crippen LogP contribution in [0.5, 0.6) is 0 Å². The third kappa shape index (κ3) is 5.88. The van der Waals surface area contributed by atoms with Crippen molar-refractivity contribution < 1.29 is 27.2 Å². The van der Waals surface area contributed by atoms with Gasteiger partial charge in [-0.1, -0.05) is 42.5 Å². The van der Waals surface area contributed by atoms with E-state index in [0.717, 1.165) is 6.08 Å². The Morgan fingerprint density at radius 2 is 1.55 bits per heavy atom. The van der Waals surface area contributed by atoms with E-state index in [2.05, 4.69) is 10.3 Å². The average Bonchev–Trinajstić information content (AvgIpc) is 2.93. The van der Waals surface area contributed by atoms with Gasteiger partial charge in [-0.15, -0.1) is 0 Å². The minimum Gasteiger partial charge on any atom is -0.398 e. The molecule has 2 amide bonds. The highest BCUT2D eigenvalue weighted by Gasteiger charge is 2.36. The third-order valence-electron chi connectivity index (χ3n) is 5.92. The monoisotopic (exact) mass is 547 g/mol. The van der Waals surface area contributed by atoms with Gasteiger partial charge in [0.1, 0.15) is 5.82 Å². The molecule has 3 aromatic carbocycles. The fourth-order valence-corrected chi connectivity index (χ4v) is 3.96. The minimum atomic E-state index is -4.96. The summed E-state index contributed by atoms with van der Waals surface area (Å²) in [5, 5.41) is 9.68. The number of nitrogens with zero attached hydrogens (tertiary/aromatic N) is 1. The van der Waals surface area contributed by atoms with E-state index < -0.39 is 46.2 Å². The Labute approximate surface area is 225 Å². The smallest absolute Gasteiger partial charge is 0.398 e. The molecule has 1 heterocycles. The minimum absolute atomic E-state index is 0.150. The number of nitrogens with two attached hydrogens (primary N) is 2. The van der Waals surface area contributed by atoms with Crippen LogP contribution in [0.15, 0.2) is 85.1 Å². The zero-order valence-corrected chi connectivity index (χ0v) is 20.6. The molecule has 7 nitrogen and oxygen atoms in total. The van der Waals surface area contributed by atoms with Crippen LogP contribution < -0.4 is 16.8 Å². The number of pyridine rings is 1. The molecule has 4 rings (SSSR count). The molecule has 0 aliphatic heterocycles. The number of hydrogen-bond acceptors (Lipinski definition) is 5. The van der Waals surface area contributed by atoms with E-state index in [1.807, 2.05) is 0 Å². The van der Waals surface area contributed by atoms with Gasteiger partial charge in [-0.05, 0) is 42.0 Å². The summed E-state index contributed by atoms with van der Waals surface area (Å²) in [6.07, 6.45) is -1.85. The van der Waals surface area contributed by atoms with E-state index in [9.17, 15) is 27.2 Å². The van der Waals surface area contributed by atoms with Gasteiger partial charge in [-0.25, -0.2) is 4.39 Å². The van der Waals surface area contributed by atoms with Crippen molar-refractivity contribution in [2.75, 3.05) is 5.32 Å². The summed E-state index contributed by atoms with van der Waals surface area (Å²) in [7, 11) is 0. The van der Waals surface area contributed by atoms with Gasteiger partial charge in [0.2, 0.25) is 5.91 Å². The van der Waals surface area contributed by atoms with Gasteiger partial charge in [-0.3, -0.25) is 14.6 Å². The van der Waals surface area contributed by atoms with Crippen LogP contribution in [-0.2, 0) is 6.18 Å². The molecule has 202 valence electrons. The van der Waals surface area contributed by atoms with Crippen LogP contribution in [0.2, 0.25) is 0 Å². The summed E-state index contributed by atoms with van der Waals surface area (Å²) in [4.78, 5) is 29.1. The molecule has 11 heteroatoms. The molecule has 6 N–H and O–H groups in total. The third-order valence-corrected chi connectivity index (χ3v) is 5.92. The maximum Gasteiger partial charge on any atom is 0.417 e. The Bertz CT molecular complexity index is 1630. The van der Waals surface area contributed by atoms with Gasteiger partial charge in [0.15, 0.2) is 0 Å². The number of aromatic nitrogens is 1. The topological polar surface area (TPSA) is 135 Å². The summed E-state index contributed by atoms with van der Waals surface area (Å²) < 4.78 is 55.7. The largest absolute Gasteiger partial charge is 0.417 e. The SMILES string of the molecule is N=CC=C(N)c1cc(C(=O)Nc2cc(-c3ccc(C(N)=O)cc3)cnc2-c2ccccc2)c(F)cc1C(F)(F)F. The number of allylic oxidation sites excluding steroid dienone is 1. The van der Waals surface area contributed by atoms with Crippen molar-refractivity contribution in [2.45, 2.75) is 6.18 Å². The quantitative estimate of drug-likeness (QED) is 0.170. The van der Waals surface area contributed by atoms with Crippen LogP contribution in [-0.4, -0.2) is 23.0 Å². The summed E-state index contributed by atoms with van der Waals surface area (Å²) in [6.45, 7) is 0. The van der Waals surface area contributed by atoms with Gasteiger partial charge < -0.3 is 22.2 Å². The summed E-state index contributed by atoms with van der Waals surface area (Å²) in [5.41, 5.74) is 10.3. The first-order chi connectivity index (χ1) is 19.0. The molecule has 40 heavy (non-hydrogen) atoms. The molecule has 0 saturated heterocycles. The van der Waals surface area contributed by atoms with Crippen LogP contribution in [0.3, 0.4) is 0 Å². The highest BCUT2D eigenvalue weighted by molar-refractivity contribution is 6.07. The number of primary amides is 1. The first-order valence-electron chi connectivity index (χ1n) is 11.6. The van der Waals surface area contributed by atoms with E-state index >= 15 is 0 Å². The number of anilines is 1. The number of alkyl halides is 3. The highest BCUT2D eigenvalue weighted by Crippen LogP contribution is 2.36. The second kappa shape index (κ2) is 11.2. The molecule has 0 unspecified atom stereocenters. The standard InChI is InChI=1S/C29H21F4N5O2/c30-23-14-22(29(31,32)33)20(24(35)10-11-34)13-21(23)28(40)38-25-12-19(16-6-8-18(9-7-16)27(36)39)15-37-26(25)17-4-2-1-3-5-17/h1-15,34H,35H2,(H2,36,39)(H,38,40). The lowest BCUT2D eigenvalue weighted by atomic mass is 9.99. The first-order valence-corrected chi connectivity index (χ1v) is 11.6. The predicted octanol–water partition coefficient (Wildman–Crippen LogP) is 5.87. The van der Waals surface area contributed by atoms with Crippen LogP contribution in [0.25, 0.3) is 28.1 Å². The summed E-state index contributed by atoms with van der Waals surface area (Å²) >= 11 is 0. The van der Waals surface area contributed by atoms with Crippen LogP contribution in [0.4, 0.5) is 23.2 Å². The van der Waals surface area contributed by atoms with Crippen molar-refractivity contribution in [2.24, 2.45) is 11.5 Å². The molecule has 0 aliphatic rings. The van der Waals surface area contributed by atoms with Gasteiger partial charge in [0.25, 0.3) is 5.91 Å². The molecule has 0 radical (unpaired) electrons. The number of rotatable bonds is 7. The number of nitrogens with one attached hydrogen (secondary N) is 2. The van der Waals surface area contributed by atoms with Gasteiger partial charge in [0, 0.05) is 40.4 Å². The van der Waals surface area contributed by atoms with Crippen LogP contribution in [0.1, 0.15) is 31.8 Å². The summed E-state index contributed by atoms with van der Waals surface area (Å²) in [5.74, 6) is -3.06. The first kappa shape index (κ1) is 27.7. The van der Waals surface area contributed by atoms with Crippen LogP contribution in [0, 0.1) is 11.2 Å². The van der Waals surface area contributed by atoms with Crippen molar-refractivity contribution in [3.63, 3.8) is 0 Å². The molecular formula is C29H21F4N5O2. The molecule has 0 atom stereocenters. The molecule has 1 aromatic heterocycles. The fourth-order valence-electron chi connectivity index (χ4n) is 3.96. The number of benzene rings is 3. The van der Waals surface area contributed by atoms with E-state index in [1.165, 1.54) is 18.3 Å². The lowest BCUT2D eigenvalue weighted by molar-refractivity contribution is -0.138. The molecule has 0 fully saturated rings. The second-order valence-corrected chi connectivity index (χ2v) is 8.55. The highest BCUT2D eigenvalue weighted by atomic mass is 19.4. The zero-order valence-electron chi connectivity index (χ0n) is 20.6. The lowest BCUT2D eigenvalue weighted by Gasteiger charge is -2.17. The normalized spacial score (nSPS) is 11.7. The lowest BCUT2D eigenvalue weighted by Crippen LogP contribution is -2.19. The predicted molar refractivity (Wildman–Crippen MR) is 144 cm³/mol. The van der Waals surface area contributed by atoms with Gasteiger partial charge >= 0.3 is 6.18 Å². The van der Waals surface area contributed by atoms with Crippen molar-refractivity contribution in [3.05, 3.63) is 113 Å². The maximum absolute atomic E-state index is 14.9. The zero-order chi connectivity index (χ0) is 29.0. The van der Waals surface area contributed by atoms with E-state index in [4.69, 9.17) is 16.9 Å². The van der Waals surface area contributed by atoms with Gasteiger partial charge in [-0.2, -0.15) is 13.2 Å². The van der Waals surface area contributed by atoms with Crippen LogP contribution >= 0.6 is 0 Å². The molecule has 0 spiro atoms. The number of halogens is 4. The van der Waals surface area contributed by atoms with Gasteiger partial charge in [0.05, 0.1) is 22.5 Å². The number of carbonyl (C=O) groups is 2. The molecular weight excluding hydrogens is 526 g/mol. The second-order valence-electron chi connectivity index (χ2n) is 8.55. The Kier molecular flexibility index (Phi) is 7.76. The van der Waals surface area contributed by atoms with Crippen molar-refractivity contribution in [1.29, 1.82) is 5.41 Å². The number of hydrogen-bond donors (Lipinski definition) is 4. The molecule has 4 aromatic rings. The number of carbonyl (C=O) groups excluding carboxylic acids is 2. The van der Waals surface area contributed by atoms with E-state index in [0.29, 0.717) is 34.7 Å². The van der Waals surface area contributed by atoms with E-state index in [1.54, 1.807) is 48.5 Å². The maximum atomic E-state index is 14.9. The van der Waals surface area contributed by atoms with E-state index in [-0.39, 0.29) is 17.3 Å². The Morgan fingerprint density at radius 3 is 2.15 bits per heavy atom. The number of amides is 2. The Hall–Kier alpha value is -5.32. The van der Waals surface area contributed by atoms with Crippen molar-refractivity contribution in [1.82, 2.24) is 4.98 Å². The molecule has 0 saturated carbocycles. The fraction of sp³-hybridized carbons (Fsp3) is 0.0345. The summed E-state index contributed by atoms with van der Waals surface area (Å²) in [6, 6.07) is 17.5. The molecule has 0 bridgehead atoms. The Morgan fingerprint density at radius 1 is 0.875 bits per heavy atom. The van der Waals surface area contributed by atoms with Crippen molar-refractivity contribution in [3.8, 4) is 22.4 Å². The molecule has 0 aliphatic carbocycles. The Balaban J connectivity index is 1.81. The average molecular weight is 548 g/mol.